The van der Waals surface area contributed by atoms with Gasteiger partial charge in [0.25, 0.3) is 11.5 Å². The number of carbonyl (C=O) groups excluding carboxylic acids is 1. The normalized spacial score (nSPS) is 18.6. The van der Waals surface area contributed by atoms with Gasteiger partial charge in [-0.05, 0) is 73.6 Å². The van der Waals surface area contributed by atoms with Gasteiger partial charge in [0.2, 0.25) is 0 Å². The number of halogens is 1. The highest BCUT2D eigenvalue weighted by Crippen LogP contribution is 2.29. The van der Waals surface area contributed by atoms with Crippen LogP contribution in [0.15, 0.2) is 76.4 Å². The average molecular weight is 652 g/mol. The highest BCUT2D eigenvalue weighted by molar-refractivity contribution is 5.92. The fraction of sp³-hybridized carbons (Fsp3) is 0.361. The van der Waals surface area contributed by atoms with E-state index in [0.717, 1.165) is 61.9 Å². The molecule has 1 saturated carbocycles. The van der Waals surface area contributed by atoms with Crippen molar-refractivity contribution in [3.63, 3.8) is 0 Å². The van der Waals surface area contributed by atoms with Gasteiger partial charge < -0.3 is 10.1 Å². The van der Waals surface area contributed by atoms with Gasteiger partial charge in [-0.15, -0.1) is 0 Å². The zero-order valence-corrected chi connectivity index (χ0v) is 27.1. The molecule has 0 atom stereocenters. The van der Waals surface area contributed by atoms with Gasteiger partial charge in [0.05, 0.1) is 30.5 Å². The number of nitrogens with one attached hydrogen (secondary N) is 1. The van der Waals surface area contributed by atoms with Gasteiger partial charge in [0.1, 0.15) is 11.5 Å². The number of fused-ring (bicyclic) bond motifs is 1. The third-order valence-electron chi connectivity index (χ3n) is 9.54. The Hall–Kier alpha value is -4.94. The van der Waals surface area contributed by atoms with Gasteiger partial charge in [0, 0.05) is 44.5 Å². The molecular weight excluding hydrogens is 613 g/mol. The molecule has 0 bridgehead atoms. The first-order chi connectivity index (χ1) is 23.2. The molecule has 1 aliphatic carbocycles. The monoisotopic (exact) mass is 651 g/mol. The molecule has 48 heavy (non-hydrogen) atoms. The average Bonchev–Trinajstić information content (AvgIpc) is 3.44. The molecule has 1 saturated heterocycles. The van der Waals surface area contributed by atoms with Crippen molar-refractivity contribution in [1.29, 1.82) is 0 Å². The second-order valence-corrected chi connectivity index (χ2v) is 12.7. The van der Waals surface area contributed by atoms with Crippen LogP contribution in [0, 0.1) is 12.7 Å². The van der Waals surface area contributed by atoms with Crippen molar-refractivity contribution in [1.82, 2.24) is 34.1 Å². The van der Waals surface area contributed by atoms with Gasteiger partial charge in [-0.1, -0.05) is 36.4 Å². The van der Waals surface area contributed by atoms with Crippen LogP contribution in [0.5, 0.6) is 0 Å². The maximum absolute atomic E-state index is 14.5. The molecule has 2 aromatic carbocycles. The van der Waals surface area contributed by atoms with E-state index in [2.05, 4.69) is 44.6 Å². The number of aromatic nitrogens is 5. The predicted octanol–water partition coefficient (Wildman–Crippen LogP) is 4.14. The molecule has 0 spiro atoms. The largest absolute Gasteiger partial charge is 0.379 e. The van der Waals surface area contributed by atoms with Crippen LogP contribution in [0.4, 0.5) is 4.39 Å². The van der Waals surface area contributed by atoms with Crippen molar-refractivity contribution in [3.8, 4) is 16.8 Å². The molecule has 7 rings (SSSR count). The lowest BCUT2D eigenvalue weighted by Gasteiger charge is -2.30. The first-order valence-electron chi connectivity index (χ1n) is 16.4. The van der Waals surface area contributed by atoms with E-state index in [1.54, 1.807) is 23.9 Å². The van der Waals surface area contributed by atoms with E-state index >= 15 is 0 Å². The number of hydrogen-bond acceptors (Lipinski definition) is 7. The Bertz CT molecular complexity index is 2070. The summed E-state index contributed by atoms with van der Waals surface area (Å²) >= 11 is 0. The molecular formula is C36H38FN7O4. The lowest BCUT2D eigenvalue weighted by atomic mass is 9.90. The van der Waals surface area contributed by atoms with E-state index in [4.69, 9.17) is 4.74 Å². The minimum absolute atomic E-state index is 0.0356. The summed E-state index contributed by atoms with van der Waals surface area (Å²) in [5, 5.41) is 7.34. The van der Waals surface area contributed by atoms with Gasteiger partial charge in [-0.25, -0.2) is 18.7 Å². The first kappa shape index (κ1) is 31.6. The maximum atomic E-state index is 14.5. The van der Waals surface area contributed by atoms with Crippen molar-refractivity contribution >= 4 is 16.9 Å². The number of benzene rings is 2. The van der Waals surface area contributed by atoms with Gasteiger partial charge in [-0.3, -0.25) is 23.7 Å². The van der Waals surface area contributed by atoms with E-state index < -0.39 is 23.1 Å². The van der Waals surface area contributed by atoms with E-state index in [-0.39, 0.29) is 23.0 Å². The molecule has 5 aromatic rings. The number of hydrogen-bond donors (Lipinski definition) is 1. The lowest BCUT2D eigenvalue weighted by Crippen LogP contribution is -2.45. The first-order valence-corrected chi connectivity index (χ1v) is 16.4. The molecule has 2 aliphatic rings. The second kappa shape index (κ2) is 13.3. The summed E-state index contributed by atoms with van der Waals surface area (Å²) in [6.07, 6.45) is 3.16. The minimum Gasteiger partial charge on any atom is -0.379 e. The minimum atomic E-state index is -0.654. The third-order valence-corrected chi connectivity index (χ3v) is 9.54. The van der Waals surface area contributed by atoms with Crippen LogP contribution in [-0.4, -0.2) is 67.1 Å². The van der Waals surface area contributed by atoms with Crippen LogP contribution in [0.2, 0.25) is 0 Å². The Morgan fingerprint density at radius 2 is 1.73 bits per heavy atom. The lowest BCUT2D eigenvalue weighted by molar-refractivity contribution is 0.0342. The highest BCUT2D eigenvalue weighted by atomic mass is 19.1. The molecule has 2 fully saturated rings. The van der Waals surface area contributed by atoms with Crippen molar-refractivity contribution in [2.45, 2.75) is 51.2 Å². The Kier molecular flexibility index (Phi) is 8.76. The third kappa shape index (κ3) is 6.33. The summed E-state index contributed by atoms with van der Waals surface area (Å²) < 4.78 is 24.2. The van der Waals surface area contributed by atoms with E-state index in [1.807, 2.05) is 25.1 Å². The summed E-state index contributed by atoms with van der Waals surface area (Å²) in [4.78, 5) is 47.4. The smallest absolute Gasteiger partial charge is 0.337 e. The predicted molar refractivity (Wildman–Crippen MR) is 180 cm³/mol. The molecule has 0 radical (unpaired) electrons. The van der Waals surface area contributed by atoms with Gasteiger partial charge in [-0.2, -0.15) is 5.10 Å². The molecule has 0 unspecified atom stereocenters. The maximum Gasteiger partial charge on any atom is 0.337 e. The number of rotatable bonds is 7. The van der Waals surface area contributed by atoms with Crippen molar-refractivity contribution in [3.05, 3.63) is 110 Å². The van der Waals surface area contributed by atoms with Crippen LogP contribution in [0.1, 0.15) is 53.5 Å². The summed E-state index contributed by atoms with van der Waals surface area (Å²) in [5.74, 6) is -0.904. The van der Waals surface area contributed by atoms with Crippen LogP contribution in [-0.2, 0) is 18.3 Å². The fourth-order valence-electron chi connectivity index (χ4n) is 6.79. The van der Waals surface area contributed by atoms with Crippen LogP contribution < -0.4 is 16.6 Å². The number of ether oxygens (including phenoxy) is 1. The molecule has 1 N–H and O–H groups in total. The SMILES string of the molecule is Cc1cc(C(=O)N[C@H]2CC[C@@H](n3c(=O)c4cc(F)cnc4n(-c4cccc(-c5ccc(CN6CCOCC6)cc5)c4)c3=O)CC2)nn1C. The van der Waals surface area contributed by atoms with Crippen LogP contribution in [0.3, 0.4) is 0 Å². The van der Waals surface area contributed by atoms with Crippen molar-refractivity contribution in [2.75, 3.05) is 26.3 Å². The molecule has 12 heteroatoms. The molecule has 4 heterocycles. The van der Waals surface area contributed by atoms with Crippen molar-refractivity contribution < 1.29 is 13.9 Å². The number of pyridine rings is 1. The summed E-state index contributed by atoms with van der Waals surface area (Å²) in [6.45, 7) is 6.06. The number of nitrogens with zero attached hydrogens (tertiary/aromatic N) is 6. The zero-order chi connectivity index (χ0) is 33.4. The van der Waals surface area contributed by atoms with Gasteiger partial charge in [0.15, 0.2) is 5.65 Å². The molecule has 248 valence electrons. The topological polar surface area (TPSA) is 116 Å². The summed E-state index contributed by atoms with van der Waals surface area (Å²) in [5.41, 5.74) is 3.85. The Balaban J connectivity index is 1.17. The number of carbonyl (C=O) groups is 1. The van der Waals surface area contributed by atoms with Crippen molar-refractivity contribution in [2.24, 2.45) is 7.05 Å². The van der Waals surface area contributed by atoms with E-state index in [1.165, 1.54) is 14.7 Å². The van der Waals surface area contributed by atoms with E-state index in [9.17, 15) is 18.8 Å². The second-order valence-electron chi connectivity index (χ2n) is 12.7. The number of amides is 1. The zero-order valence-electron chi connectivity index (χ0n) is 27.1. The summed E-state index contributed by atoms with van der Waals surface area (Å²) in [7, 11) is 1.79. The van der Waals surface area contributed by atoms with Crippen LogP contribution >= 0.6 is 0 Å². The van der Waals surface area contributed by atoms with Gasteiger partial charge >= 0.3 is 5.69 Å². The quantitative estimate of drug-likeness (QED) is 0.281. The highest BCUT2D eigenvalue weighted by Gasteiger charge is 2.28. The van der Waals surface area contributed by atoms with Crippen LogP contribution in [0.25, 0.3) is 27.8 Å². The molecule has 11 nitrogen and oxygen atoms in total. The molecule has 3 aromatic heterocycles. The fourth-order valence-corrected chi connectivity index (χ4v) is 6.79. The Morgan fingerprint density at radius 1 is 0.979 bits per heavy atom. The number of aryl methyl sites for hydroxylation is 2. The van der Waals surface area contributed by atoms with E-state index in [0.29, 0.717) is 37.1 Å². The number of morpholine rings is 1. The Morgan fingerprint density at radius 3 is 2.44 bits per heavy atom. The standard InChI is InChI=1S/C36H38FN7O4/c1-23-18-32(40-41(23)2)34(45)39-28-10-12-29(13-11-28)44-35(46)31-20-27(37)21-38-33(31)43(36(44)47)30-5-3-4-26(19-30)25-8-6-24(7-9-25)22-42-14-16-48-17-15-42/h3-9,18-21,28-29H,10-17,22H2,1-2H3,(H,39,45)/t28-,29+. The summed E-state index contributed by atoms with van der Waals surface area (Å²) in [6, 6.07) is 18.2. The molecule has 1 aliphatic heterocycles. The molecule has 1 amide bonds. The Labute approximate surface area is 276 Å².